The minimum absolute atomic E-state index is 0.0762. The van der Waals surface area contributed by atoms with Crippen LogP contribution in [0.3, 0.4) is 0 Å². The Hall–Kier alpha value is -3.93. The van der Waals surface area contributed by atoms with E-state index in [1.807, 2.05) is 38.1 Å². The number of ketones is 1. The van der Waals surface area contributed by atoms with E-state index in [1.165, 1.54) is 4.90 Å². The Balaban J connectivity index is 1.83. The van der Waals surface area contributed by atoms with Gasteiger partial charge < -0.3 is 14.7 Å². The van der Waals surface area contributed by atoms with Crippen molar-refractivity contribution in [3.63, 3.8) is 0 Å². The Kier molecular flexibility index (Phi) is 6.54. The summed E-state index contributed by atoms with van der Waals surface area (Å²) in [6, 6.07) is 17.5. The standard InChI is InChI=1S/C27H26N2O4/c1-3-14-33-22-9-5-8-21(16-22)25(30)23-24(20-7-4-6-18(2)15-20)29(27(32)26(23)31)17-19-10-12-28-13-11-19/h4-13,15-16,24,30H,3,14,17H2,1-2H3/b25-23-. The SMILES string of the molecule is CCCOc1cccc(/C(O)=C2/C(=O)C(=O)N(Cc3ccncc3)C2c2cccc(C)c2)c1. The molecule has 1 unspecified atom stereocenters. The van der Waals surface area contributed by atoms with Crippen molar-refractivity contribution in [2.75, 3.05) is 6.61 Å². The zero-order valence-electron chi connectivity index (χ0n) is 18.7. The van der Waals surface area contributed by atoms with Crippen molar-refractivity contribution in [2.45, 2.75) is 32.9 Å². The van der Waals surface area contributed by atoms with Gasteiger partial charge >= 0.3 is 0 Å². The summed E-state index contributed by atoms with van der Waals surface area (Å²) in [7, 11) is 0. The van der Waals surface area contributed by atoms with Crippen molar-refractivity contribution in [1.82, 2.24) is 9.88 Å². The molecule has 3 aromatic rings. The lowest BCUT2D eigenvalue weighted by Gasteiger charge is -2.25. The minimum atomic E-state index is -0.710. The fourth-order valence-electron chi connectivity index (χ4n) is 4.02. The molecule has 1 amide bonds. The number of nitrogens with zero attached hydrogens (tertiary/aromatic N) is 2. The molecule has 4 rings (SSSR count). The predicted molar refractivity (Wildman–Crippen MR) is 125 cm³/mol. The van der Waals surface area contributed by atoms with Gasteiger partial charge in [-0.1, -0.05) is 48.9 Å². The molecule has 0 spiro atoms. The van der Waals surface area contributed by atoms with Crippen LogP contribution in [0.25, 0.3) is 5.76 Å². The Bertz CT molecular complexity index is 1200. The number of benzene rings is 2. The van der Waals surface area contributed by atoms with E-state index in [2.05, 4.69) is 4.98 Å². The number of carbonyl (C=O) groups is 2. The third-order valence-corrected chi connectivity index (χ3v) is 5.58. The molecule has 2 heterocycles. The Morgan fingerprint density at radius 3 is 2.55 bits per heavy atom. The first kappa shape index (κ1) is 22.3. The summed E-state index contributed by atoms with van der Waals surface area (Å²) in [6.07, 6.45) is 4.15. The molecule has 33 heavy (non-hydrogen) atoms. The van der Waals surface area contributed by atoms with E-state index in [9.17, 15) is 14.7 Å². The van der Waals surface area contributed by atoms with Crippen molar-refractivity contribution >= 4 is 17.4 Å². The van der Waals surface area contributed by atoms with E-state index >= 15 is 0 Å². The molecular formula is C27H26N2O4. The first-order chi connectivity index (χ1) is 16.0. The molecular weight excluding hydrogens is 416 g/mol. The van der Waals surface area contributed by atoms with E-state index in [4.69, 9.17) is 4.74 Å². The highest BCUT2D eigenvalue weighted by molar-refractivity contribution is 6.46. The number of Topliss-reactive ketones (excluding diaryl/α,β-unsaturated/α-hetero) is 1. The van der Waals surface area contributed by atoms with Crippen LogP contribution in [0.15, 0.2) is 78.6 Å². The lowest BCUT2D eigenvalue weighted by molar-refractivity contribution is -0.140. The monoisotopic (exact) mass is 442 g/mol. The average molecular weight is 443 g/mol. The summed E-state index contributed by atoms with van der Waals surface area (Å²) in [5, 5.41) is 11.3. The molecule has 6 heteroatoms. The van der Waals surface area contributed by atoms with Crippen molar-refractivity contribution in [2.24, 2.45) is 0 Å². The van der Waals surface area contributed by atoms with Crippen LogP contribution in [-0.2, 0) is 16.1 Å². The zero-order valence-corrected chi connectivity index (χ0v) is 18.7. The van der Waals surface area contributed by atoms with Crippen LogP contribution in [0.2, 0.25) is 0 Å². The smallest absolute Gasteiger partial charge is 0.295 e. The van der Waals surface area contributed by atoms with Crippen LogP contribution in [0, 0.1) is 6.92 Å². The summed E-state index contributed by atoms with van der Waals surface area (Å²) in [4.78, 5) is 31.9. The van der Waals surface area contributed by atoms with Gasteiger partial charge in [0.05, 0.1) is 18.2 Å². The first-order valence-corrected chi connectivity index (χ1v) is 11.0. The Morgan fingerprint density at radius 1 is 1.06 bits per heavy atom. The molecule has 1 atom stereocenters. The van der Waals surface area contributed by atoms with Crippen LogP contribution >= 0.6 is 0 Å². The maximum atomic E-state index is 13.2. The van der Waals surface area contributed by atoms with Gasteiger partial charge in [0, 0.05) is 24.5 Å². The molecule has 0 saturated carbocycles. The highest BCUT2D eigenvalue weighted by Crippen LogP contribution is 2.40. The molecule has 6 nitrogen and oxygen atoms in total. The highest BCUT2D eigenvalue weighted by atomic mass is 16.5. The molecule has 1 aliphatic heterocycles. The van der Waals surface area contributed by atoms with Gasteiger partial charge in [0.1, 0.15) is 11.5 Å². The third kappa shape index (κ3) is 4.65. The van der Waals surface area contributed by atoms with Gasteiger partial charge in [-0.05, 0) is 48.7 Å². The summed E-state index contributed by atoms with van der Waals surface area (Å²) in [5.74, 6) is -0.954. The number of amides is 1. The number of aromatic nitrogens is 1. The van der Waals surface area contributed by atoms with E-state index in [-0.39, 0.29) is 17.9 Å². The summed E-state index contributed by atoms with van der Waals surface area (Å²) in [5.41, 5.74) is 3.12. The second-order valence-corrected chi connectivity index (χ2v) is 8.07. The molecule has 1 N–H and O–H groups in total. The van der Waals surface area contributed by atoms with Crippen molar-refractivity contribution in [3.05, 3.63) is 101 Å². The van der Waals surface area contributed by atoms with Crippen molar-refractivity contribution < 1.29 is 19.4 Å². The lowest BCUT2D eigenvalue weighted by atomic mass is 9.94. The molecule has 168 valence electrons. The number of ether oxygens (including phenoxy) is 1. The van der Waals surface area contributed by atoms with Gasteiger partial charge in [-0.25, -0.2) is 0 Å². The number of aryl methyl sites for hydroxylation is 1. The fraction of sp³-hybridized carbons (Fsp3) is 0.222. The normalized spacial score (nSPS) is 17.4. The number of hydrogen-bond donors (Lipinski definition) is 1. The van der Waals surface area contributed by atoms with Gasteiger partial charge in [0.2, 0.25) is 0 Å². The Morgan fingerprint density at radius 2 is 1.82 bits per heavy atom. The molecule has 1 aliphatic rings. The molecule has 0 radical (unpaired) electrons. The summed E-state index contributed by atoms with van der Waals surface area (Å²) < 4.78 is 5.68. The first-order valence-electron chi connectivity index (χ1n) is 11.0. The van der Waals surface area contributed by atoms with Crippen LogP contribution in [0.5, 0.6) is 5.75 Å². The maximum Gasteiger partial charge on any atom is 0.295 e. The molecule has 0 aliphatic carbocycles. The van der Waals surface area contributed by atoms with Gasteiger partial charge in [0.25, 0.3) is 11.7 Å². The minimum Gasteiger partial charge on any atom is -0.507 e. The van der Waals surface area contributed by atoms with Crippen LogP contribution in [0.4, 0.5) is 0 Å². The Labute approximate surface area is 193 Å². The molecule has 1 saturated heterocycles. The van der Waals surface area contributed by atoms with Gasteiger partial charge in [-0.2, -0.15) is 0 Å². The zero-order chi connectivity index (χ0) is 23.4. The van der Waals surface area contributed by atoms with Crippen LogP contribution in [0.1, 0.15) is 41.6 Å². The van der Waals surface area contributed by atoms with Crippen molar-refractivity contribution in [3.8, 4) is 5.75 Å². The molecule has 2 aromatic carbocycles. The highest BCUT2D eigenvalue weighted by Gasteiger charge is 2.46. The number of carbonyl (C=O) groups excluding carboxylic acids is 2. The average Bonchev–Trinajstić information content (AvgIpc) is 3.08. The topological polar surface area (TPSA) is 79.7 Å². The van der Waals surface area contributed by atoms with Crippen LogP contribution in [-0.4, -0.2) is 33.3 Å². The number of rotatable bonds is 7. The van der Waals surface area contributed by atoms with Crippen LogP contribution < -0.4 is 4.74 Å². The molecule has 1 fully saturated rings. The van der Waals surface area contributed by atoms with E-state index in [0.29, 0.717) is 17.9 Å². The second kappa shape index (κ2) is 9.69. The van der Waals surface area contributed by atoms with Gasteiger partial charge in [-0.3, -0.25) is 14.6 Å². The third-order valence-electron chi connectivity index (χ3n) is 5.58. The number of hydrogen-bond acceptors (Lipinski definition) is 5. The number of aliphatic hydroxyl groups is 1. The van der Waals surface area contributed by atoms with E-state index < -0.39 is 17.7 Å². The van der Waals surface area contributed by atoms with Gasteiger partial charge in [-0.15, -0.1) is 0 Å². The number of aliphatic hydroxyl groups excluding tert-OH is 1. The van der Waals surface area contributed by atoms with E-state index in [1.54, 1.807) is 48.8 Å². The summed E-state index contributed by atoms with van der Waals surface area (Å²) in [6.45, 7) is 4.73. The summed E-state index contributed by atoms with van der Waals surface area (Å²) >= 11 is 0. The molecule has 1 aromatic heterocycles. The van der Waals surface area contributed by atoms with E-state index in [0.717, 1.165) is 23.1 Å². The quantitative estimate of drug-likeness (QED) is 0.323. The van der Waals surface area contributed by atoms with Crippen molar-refractivity contribution in [1.29, 1.82) is 0 Å². The lowest BCUT2D eigenvalue weighted by Crippen LogP contribution is -2.29. The van der Waals surface area contributed by atoms with Gasteiger partial charge in [0.15, 0.2) is 0 Å². The number of likely N-dealkylation sites (tertiary alicyclic amines) is 1. The molecule has 0 bridgehead atoms. The largest absolute Gasteiger partial charge is 0.507 e. The maximum absolute atomic E-state index is 13.2. The second-order valence-electron chi connectivity index (χ2n) is 8.07. The number of pyridine rings is 1. The fourth-order valence-corrected chi connectivity index (χ4v) is 4.02. The predicted octanol–water partition coefficient (Wildman–Crippen LogP) is 4.80.